The molecular weight excluding hydrogens is 367 g/mol. The summed E-state index contributed by atoms with van der Waals surface area (Å²) in [7, 11) is 1.59. The molecule has 1 aromatic rings. The molecule has 0 bridgehead atoms. The first-order valence-corrected chi connectivity index (χ1v) is 8.57. The van der Waals surface area contributed by atoms with Crippen molar-refractivity contribution in [3.8, 4) is 0 Å². The maximum Gasteiger partial charge on any atom is 0.338 e. The maximum absolute atomic E-state index is 12.6. The van der Waals surface area contributed by atoms with Gasteiger partial charge in [0.05, 0.1) is 28.3 Å². The molecule has 0 unspecified atom stereocenters. The van der Waals surface area contributed by atoms with Crippen molar-refractivity contribution >= 4 is 35.2 Å². The number of nitrogens with zero attached hydrogens (tertiary/aromatic N) is 1. The van der Waals surface area contributed by atoms with Crippen LogP contribution in [0, 0.1) is 0 Å². The van der Waals surface area contributed by atoms with Crippen LogP contribution in [0.15, 0.2) is 29.5 Å². The topological polar surface area (TPSA) is 67.9 Å². The number of halogens is 2. The van der Waals surface area contributed by atoms with Gasteiger partial charge in [-0.2, -0.15) is 0 Å². The van der Waals surface area contributed by atoms with E-state index >= 15 is 0 Å². The van der Waals surface area contributed by atoms with Crippen molar-refractivity contribution in [2.75, 3.05) is 26.9 Å². The molecule has 8 heteroatoms. The Morgan fingerprint density at radius 1 is 1.28 bits per heavy atom. The second kappa shape index (κ2) is 8.56. The molecule has 2 amide bonds. The van der Waals surface area contributed by atoms with Crippen molar-refractivity contribution in [1.29, 1.82) is 0 Å². The van der Waals surface area contributed by atoms with E-state index in [1.807, 2.05) is 6.92 Å². The van der Waals surface area contributed by atoms with Gasteiger partial charge in [-0.1, -0.05) is 29.3 Å². The number of nitrogens with one attached hydrogen (secondary N) is 1. The van der Waals surface area contributed by atoms with Gasteiger partial charge in [0.25, 0.3) is 0 Å². The highest BCUT2D eigenvalue weighted by molar-refractivity contribution is 6.42. The minimum absolute atomic E-state index is 0.134. The van der Waals surface area contributed by atoms with Gasteiger partial charge in [0.15, 0.2) is 0 Å². The number of esters is 1. The molecule has 1 aliphatic heterocycles. The zero-order valence-corrected chi connectivity index (χ0v) is 15.8. The largest absolute Gasteiger partial charge is 0.460 e. The number of hydrogen-bond donors (Lipinski definition) is 1. The molecule has 1 atom stereocenters. The average Bonchev–Trinajstić information content (AvgIpc) is 2.58. The third kappa shape index (κ3) is 4.45. The summed E-state index contributed by atoms with van der Waals surface area (Å²) in [6.45, 7) is 4.55. The lowest BCUT2D eigenvalue weighted by atomic mass is 9.95. The van der Waals surface area contributed by atoms with E-state index in [1.165, 1.54) is 4.90 Å². The Balaban J connectivity index is 2.33. The fourth-order valence-corrected chi connectivity index (χ4v) is 2.76. The summed E-state index contributed by atoms with van der Waals surface area (Å²) in [6, 6.07) is 3.97. The first-order valence-electron chi connectivity index (χ1n) is 7.81. The Kier molecular flexibility index (Phi) is 6.70. The molecule has 1 aliphatic rings. The molecule has 0 fully saturated rings. The first kappa shape index (κ1) is 19.6. The summed E-state index contributed by atoms with van der Waals surface area (Å²) < 4.78 is 10.5. The molecule has 0 saturated carbocycles. The van der Waals surface area contributed by atoms with Gasteiger partial charge in [-0.15, -0.1) is 0 Å². The van der Waals surface area contributed by atoms with Crippen LogP contribution in [-0.2, 0) is 14.3 Å². The highest BCUT2D eigenvalue weighted by atomic mass is 35.5. The highest BCUT2D eigenvalue weighted by Crippen LogP contribution is 2.33. The predicted molar refractivity (Wildman–Crippen MR) is 95.6 cm³/mol. The van der Waals surface area contributed by atoms with Gasteiger partial charge in [0.2, 0.25) is 0 Å². The van der Waals surface area contributed by atoms with Crippen LogP contribution >= 0.6 is 23.2 Å². The van der Waals surface area contributed by atoms with Crippen molar-refractivity contribution in [1.82, 2.24) is 10.2 Å². The van der Waals surface area contributed by atoms with Crippen molar-refractivity contribution in [3.05, 3.63) is 45.1 Å². The van der Waals surface area contributed by atoms with E-state index in [2.05, 4.69) is 5.32 Å². The molecule has 1 N–H and O–H groups in total. The summed E-state index contributed by atoms with van der Waals surface area (Å²) in [5.74, 6) is -0.514. The van der Waals surface area contributed by atoms with E-state index < -0.39 is 12.0 Å². The predicted octanol–water partition coefficient (Wildman–Crippen LogP) is 3.54. The highest BCUT2D eigenvalue weighted by Gasteiger charge is 2.35. The molecule has 0 aromatic heterocycles. The van der Waals surface area contributed by atoms with Gasteiger partial charge in [0, 0.05) is 19.4 Å². The zero-order valence-electron chi connectivity index (χ0n) is 14.3. The fourth-order valence-electron chi connectivity index (χ4n) is 2.46. The normalized spacial score (nSPS) is 17.6. The Labute approximate surface area is 156 Å². The third-order valence-corrected chi connectivity index (χ3v) is 4.65. The van der Waals surface area contributed by atoms with E-state index in [0.29, 0.717) is 40.1 Å². The molecule has 25 heavy (non-hydrogen) atoms. The van der Waals surface area contributed by atoms with Gasteiger partial charge in [-0.3, -0.25) is 0 Å². The van der Waals surface area contributed by atoms with Crippen LogP contribution in [0.4, 0.5) is 4.79 Å². The Morgan fingerprint density at radius 3 is 2.64 bits per heavy atom. The number of urea groups is 1. The molecule has 6 nitrogen and oxygen atoms in total. The quantitative estimate of drug-likeness (QED) is 0.599. The molecular formula is C17H20Cl2N2O4. The van der Waals surface area contributed by atoms with Crippen LogP contribution in [0.1, 0.15) is 25.5 Å². The number of allylic oxidation sites excluding steroid dienone is 1. The van der Waals surface area contributed by atoms with Gasteiger partial charge in [-0.05, 0) is 31.5 Å². The molecule has 0 radical (unpaired) electrons. The lowest BCUT2D eigenvalue weighted by Gasteiger charge is -2.33. The molecule has 0 saturated heterocycles. The fraction of sp³-hybridized carbons (Fsp3) is 0.412. The minimum Gasteiger partial charge on any atom is -0.460 e. The number of carbonyl (C=O) groups is 2. The SMILES string of the molecule is CCOCCOC(=O)C1=C(C)N(C)C(=O)N[C@H]1c1ccc(Cl)c(Cl)c1. The van der Waals surface area contributed by atoms with Crippen LogP contribution in [0.5, 0.6) is 0 Å². The van der Waals surface area contributed by atoms with Crippen LogP contribution in [0.3, 0.4) is 0 Å². The molecule has 0 aliphatic carbocycles. The number of amides is 2. The Morgan fingerprint density at radius 2 is 2.00 bits per heavy atom. The second-order valence-electron chi connectivity index (χ2n) is 5.45. The van der Waals surface area contributed by atoms with Gasteiger partial charge in [-0.25, -0.2) is 9.59 Å². The molecule has 0 spiro atoms. The summed E-state index contributed by atoms with van der Waals surface area (Å²) in [5.41, 5.74) is 1.50. The van der Waals surface area contributed by atoms with Gasteiger partial charge in [0.1, 0.15) is 6.61 Å². The summed E-state index contributed by atoms with van der Waals surface area (Å²) >= 11 is 12.0. The molecule has 136 valence electrons. The number of hydrogen-bond acceptors (Lipinski definition) is 4. The van der Waals surface area contributed by atoms with Crippen LogP contribution < -0.4 is 5.32 Å². The Hall–Kier alpha value is -1.76. The van der Waals surface area contributed by atoms with E-state index in [-0.39, 0.29) is 12.6 Å². The van der Waals surface area contributed by atoms with Crippen molar-refractivity contribution in [2.45, 2.75) is 19.9 Å². The second-order valence-corrected chi connectivity index (χ2v) is 6.26. The zero-order chi connectivity index (χ0) is 18.6. The van der Waals surface area contributed by atoms with Crippen molar-refractivity contribution in [2.24, 2.45) is 0 Å². The average molecular weight is 387 g/mol. The number of ether oxygens (including phenoxy) is 2. The lowest BCUT2D eigenvalue weighted by Crippen LogP contribution is -2.46. The standard InChI is InChI=1S/C17H20Cl2N2O4/c1-4-24-7-8-25-16(22)14-10(2)21(3)17(23)20-15(14)11-5-6-12(18)13(19)9-11/h5-6,9,15H,4,7-8H2,1-3H3,(H,20,23)/t15-/m0/s1. The van der Waals surface area contributed by atoms with Crippen LogP contribution in [0.2, 0.25) is 10.0 Å². The number of rotatable bonds is 6. The maximum atomic E-state index is 12.6. The van der Waals surface area contributed by atoms with E-state index in [0.717, 1.165) is 0 Å². The summed E-state index contributed by atoms with van der Waals surface area (Å²) in [4.78, 5) is 26.1. The monoisotopic (exact) mass is 386 g/mol. The first-order chi connectivity index (χ1) is 11.9. The molecule has 1 aromatic carbocycles. The lowest BCUT2D eigenvalue weighted by molar-refractivity contribution is -0.141. The van der Waals surface area contributed by atoms with Crippen LogP contribution in [-0.4, -0.2) is 43.8 Å². The van der Waals surface area contributed by atoms with Crippen molar-refractivity contribution in [3.63, 3.8) is 0 Å². The van der Waals surface area contributed by atoms with Crippen molar-refractivity contribution < 1.29 is 19.1 Å². The summed E-state index contributed by atoms with van der Waals surface area (Å²) in [6.07, 6.45) is 0. The summed E-state index contributed by atoms with van der Waals surface area (Å²) in [5, 5.41) is 3.52. The van der Waals surface area contributed by atoms with Gasteiger partial charge >= 0.3 is 12.0 Å². The third-order valence-electron chi connectivity index (χ3n) is 3.92. The number of benzene rings is 1. The number of carbonyl (C=O) groups excluding carboxylic acids is 2. The minimum atomic E-state index is -0.668. The van der Waals surface area contributed by atoms with E-state index in [9.17, 15) is 9.59 Å². The molecule has 2 rings (SSSR count). The Bertz CT molecular complexity index is 706. The van der Waals surface area contributed by atoms with E-state index in [1.54, 1.807) is 32.2 Å². The van der Waals surface area contributed by atoms with Crippen LogP contribution in [0.25, 0.3) is 0 Å². The van der Waals surface area contributed by atoms with Gasteiger partial charge < -0.3 is 19.7 Å². The molecule has 1 heterocycles. The van der Waals surface area contributed by atoms with E-state index in [4.69, 9.17) is 32.7 Å². The smallest absolute Gasteiger partial charge is 0.338 e.